The molecule has 1 aromatic heterocycles. The number of thiocarbonyl (C=S) groups is 1. The average molecular weight is 469 g/mol. The number of benzene rings is 1. The van der Waals surface area contributed by atoms with Crippen molar-refractivity contribution in [3.8, 4) is 11.1 Å². The Morgan fingerprint density at radius 1 is 1.20 bits per heavy atom. The molecule has 30 heavy (non-hydrogen) atoms. The van der Waals surface area contributed by atoms with Crippen LogP contribution in [0.3, 0.4) is 0 Å². The summed E-state index contributed by atoms with van der Waals surface area (Å²) in [5, 5.41) is 12.8. The normalized spacial score (nSPS) is 15.1. The molecular formula is C19H14F2N2O4S3. The van der Waals surface area contributed by atoms with Gasteiger partial charge in [0.25, 0.3) is 5.91 Å². The SMILES string of the molecule is O=C(O)CCNC(=O)CN1C(=O)/C(=C/c2cc(-c3ccc(F)c(F)c3)cs2)SC1=S. The quantitative estimate of drug-likeness (QED) is 0.478. The van der Waals surface area contributed by atoms with Crippen LogP contribution < -0.4 is 5.32 Å². The van der Waals surface area contributed by atoms with E-state index in [2.05, 4.69) is 5.32 Å². The van der Waals surface area contributed by atoms with Crippen molar-refractivity contribution in [2.75, 3.05) is 13.1 Å². The Morgan fingerprint density at radius 3 is 2.67 bits per heavy atom. The summed E-state index contributed by atoms with van der Waals surface area (Å²) in [4.78, 5) is 37.2. The van der Waals surface area contributed by atoms with E-state index >= 15 is 0 Å². The second kappa shape index (κ2) is 9.45. The first-order valence-corrected chi connectivity index (χ1v) is 10.6. The summed E-state index contributed by atoms with van der Waals surface area (Å²) in [5.74, 6) is -3.85. The molecule has 1 saturated heterocycles. The van der Waals surface area contributed by atoms with E-state index in [9.17, 15) is 23.2 Å². The third kappa shape index (κ3) is 5.29. The maximum atomic E-state index is 13.4. The van der Waals surface area contributed by atoms with Crippen LogP contribution >= 0.6 is 35.3 Å². The maximum Gasteiger partial charge on any atom is 0.305 e. The van der Waals surface area contributed by atoms with Crippen molar-refractivity contribution >= 4 is 63.5 Å². The molecule has 0 radical (unpaired) electrons. The summed E-state index contributed by atoms with van der Waals surface area (Å²) >= 11 is 7.54. The van der Waals surface area contributed by atoms with E-state index in [-0.39, 0.29) is 23.8 Å². The molecule has 1 aliphatic heterocycles. The van der Waals surface area contributed by atoms with Crippen molar-refractivity contribution in [3.63, 3.8) is 0 Å². The molecule has 1 aromatic carbocycles. The van der Waals surface area contributed by atoms with Gasteiger partial charge in [-0.1, -0.05) is 30.0 Å². The number of thioether (sulfide) groups is 1. The largest absolute Gasteiger partial charge is 0.481 e. The molecular weight excluding hydrogens is 454 g/mol. The van der Waals surface area contributed by atoms with Crippen LogP contribution in [0.5, 0.6) is 0 Å². The number of carbonyl (C=O) groups is 3. The van der Waals surface area contributed by atoms with Gasteiger partial charge in [0.2, 0.25) is 5.91 Å². The van der Waals surface area contributed by atoms with Gasteiger partial charge in [0, 0.05) is 11.4 Å². The molecule has 11 heteroatoms. The Morgan fingerprint density at radius 2 is 1.97 bits per heavy atom. The van der Waals surface area contributed by atoms with Crippen LogP contribution in [0.2, 0.25) is 0 Å². The van der Waals surface area contributed by atoms with Crippen LogP contribution in [0.25, 0.3) is 17.2 Å². The lowest BCUT2D eigenvalue weighted by Gasteiger charge is -2.13. The number of nitrogens with one attached hydrogen (secondary N) is 1. The molecule has 0 saturated carbocycles. The molecule has 2 heterocycles. The van der Waals surface area contributed by atoms with Crippen molar-refractivity contribution in [3.05, 3.63) is 51.1 Å². The highest BCUT2D eigenvalue weighted by atomic mass is 32.2. The summed E-state index contributed by atoms with van der Waals surface area (Å²) in [6.45, 7) is -0.340. The van der Waals surface area contributed by atoms with Crippen molar-refractivity contribution in [1.29, 1.82) is 0 Å². The van der Waals surface area contributed by atoms with Gasteiger partial charge in [0.1, 0.15) is 10.9 Å². The summed E-state index contributed by atoms with van der Waals surface area (Å²) in [6.07, 6.45) is 1.40. The highest BCUT2D eigenvalue weighted by Crippen LogP contribution is 2.35. The zero-order valence-corrected chi connectivity index (χ0v) is 17.6. The number of amides is 2. The van der Waals surface area contributed by atoms with Crippen LogP contribution in [0.4, 0.5) is 8.78 Å². The van der Waals surface area contributed by atoms with Crippen LogP contribution in [0.15, 0.2) is 34.6 Å². The molecule has 2 aromatic rings. The smallest absolute Gasteiger partial charge is 0.305 e. The second-order valence-electron chi connectivity index (χ2n) is 6.13. The third-order valence-corrected chi connectivity index (χ3v) is 6.24. The van der Waals surface area contributed by atoms with Gasteiger partial charge < -0.3 is 10.4 Å². The van der Waals surface area contributed by atoms with Crippen molar-refractivity contribution in [2.45, 2.75) is 6.42 Å². The number of carbonyl (C=O) groups excluding carboxylic acids is 2. The minimum Gasteiger partial charge on any atom is -0.481 e. The fourth-order valence-electron chi connectivity index (χ4n) is 2.53. The lowest BCUT2D eigenvalue weighted by atomic mass is 10.1. The predicted octanol–water partition coefficient (Wildman–Crippen LogP) is 3.49. The maximum absolute atomic E-state index is 13.4. The Kier molecular flexibility index (Phi) is 6.95. The molecule has 6 nitrogen and oxygen atoms in total. The lowest BCUT2D eigenvalue weighted by Crippen LogP contribution is -2.40. The first-order valence-electron chi connectivity index (χ1n) is 8.52. The molecule has 0 bridgehead atoms. The van der Waals surface area contributed by atoms with Crippen molar-refractivity contribution in [1.82, 2.24) is 10.2 Å². The molecule has 0 unspecified atom stereocenters. The minimum atomic E-state index is -1.04. The number of hydrogen-bond donors (Lipinski definition) is 2. The minimum absolute atomic E-state index is 0.0409. The number of aliphatic carboxylic acids is 1. The molecule has 1 fully saturated rings. The molecule has 156 valence electrons. The number of rotatable bonds is 7. The summed E-state index contributed by atoms with van der Waals surface area (Å²) in [7, 11) is 0. The van der Waals surface area contributed by atoms with Gasteiger partial charge in [-0.15, -0.1) is 11.3 Å². The summed E-state index contributed by atoms with van der Waals surface area (Å²) < 4.78 is 26.8. The van der Waals surface area contributed by atoms with E-state index in [0.717, 1.165) is 28.8 Å². The molecule has 0 aliphatic carbocycles. The summed E-state index contributed by atoms with van der Waals surface area (Å²) in [6, 6.07) is 5.35. The van der Waals surface area contributed by atoms with Crippen LogP contribution in [-0.4, -0.2) is 45.2 Å². The fraction of sp³-hybridized carbons (Fsp3) is 0.158. The van der Waals surface area contributed by atoms with E-state index in [1.54, 1.807) is 17.5 Å². The number of carboxylic acids is 1. The van der Waals surface area contributed by atoms with E-state index in [0.29, 0.717) is 20.9 Å². The molecule has 3 rings (SSSR count). The zero-order chi connectivity index (χ0) is 21.8. The van der Waals surface area contributed by atoms with Gasteiger partial charge in [0.05, 0.1) is 11.3 Å². The Bertz CT molecular complexity index is 1070. The lowest BCUT2D eigenvalue weighted by molar-refractivity contribution is -0.137. The Balaban J connectivity index is 1.68. The molecule has 2 amide bonds. The summed E-state index contributed by atoms with van der Waals surface area (Å²) in [5.41, 5.74) is 1.19. The first kappa shape index (κ1) is 22.1. The van der Waals surface area contributed by atoms with E-state index in [4.69, 9.17) is 17.3 Å². The molecule has 1 aliphatic rings. The molecule has 2 N–H and O–H groups in total. The number of carboxylic acid groups (broad SMARTS) is 1. The van der Waals surface area contributed by atoms with Gasteiger partial charge in [0.15, 0.2) is 11.6 Å². The van der Waals surface area contributed by atoms with Gasteiger partial charge in [-0.25, -0.2) is 8.78 Å². The molecule has 0 atom stereocenters. The van der Waals surface area contributed by atoms with Gasteiger partial charge in [-0.2, -0.15) is 0 Å². The van der Waals surface area contributed by atoms with Gasteiger partial charge in [-0.05, 0) is 40.8 Å². The monoisotopic (exact) mass is 468 g/mol. The number of halogens is 2. The first-order chi connectivity index (χ1) is 14.2. The number of thiophene rings is 1. The second-order valence-corrected chi connectivity index (χ2v) is 8.75. The Hall–Kier alpha value is -2.63. The standard InChI is InChI=1S/C19H14F2N2O4S3/c20-13-2-1-10(6-14(13)21)11-5-12(29-9-11)7-15-18(27)23(19(28)30-15)8-16(24)22-4-3-17(25)26/h1-2,5-7,9H,3-4,8H2,(H,22,24)(H,25,26)/b15-7-. The van der Waals surface area contributed by atoms with E-state index in [1.165, 1.54) is 17.4 Å². The number of hydrogen-bond acceptors (Lipinski definition) is 6. The van der Waals surface area contributed by atoms with Crippen LogP contribution in [0, 0.1) is 11.6 Å². The highest BCUT2D eigenvalue weighted by molar-refractivity contribution is 8.26. The topological polar surface area (TPSA) is 86.7 Å². The van der Waals surface area contributed by atoms with Gasteiger partial charge in [-0.3, -0.25) is 19.3 Å². The van der Waals surface area contributed by atoms with Gasteiger partial charge >= 0.3 is 5.97 Å². The highest BCUT2D eigenvalue weighted by Gasteiger charge is 2.33. The fourth-order valence-corrected chi connectivity index (χ4v) is 4.70. The third-order valence-electron chi connectivity index (χ3n) is 3.98. The van der Waals surface area contributed by atoms with Crippen molar-refractivity contribution < 1.29 is 28.3 Å². The van der Waals surface area contributed by atoms with Crippen LogP contribution in [-0.2, 0) is 14.4 Å². The zero-order valence-electron chi connectivity index (χ0n) is 15.2. The number of nitrogens with zero attached hydrogens (tertiary/aromatic N) is 1. The molecule has 0 spiro atoms. The predicted molar refractivity (Wildman–Crippen MR) is 115 cm³/mol. The van der Waals surface area contributed by atoms with E-state index < -0.39 is 29.4 Å². The van der Waals surface area contributed by atoms with Crippen LogP contribution in [0.1, 0.15) is 11.3 Å². The Labute approximate surface area is 183 Å². The van der Waals surface area contributed by atoms with E-state index in [1.807, 2.05) is 0 Å². The average Bonchev–Trinajstić information content (AvgIpc) is 3.24. The van der Waals surface area contributed by atoms with Crippen molar-refractivity contribution in [2.24, 2.45) is 0 Å².